The maximum absolute atomic E-state index is 10.5. The van der Waals surface area contributed by atoms with Crippen LogP contribution in [0.3, 0.4) is 0 Å². The van der Waals surface area contributed by atoms with Gasteiger partial charge in [-0.05, 0) is 38.6 Å². The maximum Gasteiger partial charge on any atom is 0.269 e. The van der Waals surface area contributed by atoms with Gasteiger partial charge in [0, 0.05) is 31.3 Å². The summed E-state index contributed by atoms with van der Waals surface area (Å²) < 4.78 is 5.56. The first kappa shape index (κ1) is 15.7. The first-order valence-electron chi connectivity index (χ1n) is 7.45. The Morgan fingerprint density at radius 3 is 2.81 bits per heavy atom. The molecule has 1 unspecified atom stereocenters. The molecule has 0 radical (unpaired) electrons. The van der Waals surface area contributed by atoms with Crippen molar-refractivity contribution in [1.29, 1.82) is 0 Å². The van der Waals surface area contributed by atoms with Crippen LogP contribution < -0.4 is 10.1 Å². The van der Waals surface area contributed by atoms with Crippen LogP contribution >= 0.6 is 0 Å². The van der Waals surface area contributed by atoms with Crippen molar-refractivity contribution in [2.75, 3.05) is 33.3 Å². The molecular weight excluding hydrogens is 270 g/mol. The number of rotatable bonds is 7. The Labute approximate surface area is 125 Å². The average Bonchev–Trinajstić information content (AvgIpc) is 2.49. The predicted octanol–water partition coefficient (Wildman–Crippen LogP) is 2.05. The minimum atomic E-state index is -0.411. The second kappa shape index (κ2) is 7.95. The van der Waals surface area contributed by atoms with Crippen molar-refractivity contribution in [3.63, 3.8) is 0 Å². The summed E-state index contributed by atoms with van der Waals surface area (Å²) in [7, 11) is 2.18. The van der Waals surface area contributed by atoms with Gasteiger partial charge >= 0.3 is 0 Å². The molecule has 0 saturated carbocycles. The van der Waals surface area contributed by atoms with E-state index in [0.29, 0.717) is 18.4 Å². The van der Waals surface area contributed by atoms with Crippen molar-refractivity contribution >= 4 is 5.69 Å². The lowest BCUT2D eigenvalue weighted by Crippen LogP contribution is -2.43. The van der Waals surface area contributed by atoms with Crippen LogP contribution in [0.2, 0.25) is 0 Å². The molecule has 21 heavy (non-hydrogen) atoms. The van der Waals surface area contributed by atoms with Crippen LogP contribution in [0.25, 0.3) is 0 Å². The molecule has 1 aromatic carbocycles. The van der Waals surface area contributed by atoms with Gasteiger partial charge in [-0.2, -0.15) is 0 Å². The van der Waals surface area contributed by atoms with E-state index < -0.39 is 4.92 Å². The van der Waals surface area contributed by atoms with Gasteiger partial charge in [-0.25, -0.2) is 0 Å². The van der Waals surface area contributed by atoms with E-state index in [0.717, 1.165) is 13.1 Å². The highest BCUT2D eigenvalue weighted by Gasteiger charge is 2.17. The molecule has 0 bridgehead atoms. The number of benzene rings is 1. The Hall–Kier alpha value is -1.66. The topological polar surface area (TPSA) is 67.6 Å². The number of likely N-dealkylation sites (tertiary alicyclic amines) is 1. The lowest BCUT2D eigenvalue weighted by molar-refractivity contribution is -0.384. The van der Waals surface area contributed by atoms with Crippen LogP contribution in [0.1, 0.15) is 19.3 Å². The lowest BCUT2D eigenvalue weighted by Gasteiger charge is -2.32. The zero-order valence-corrected chi connectivity index (χ0v) is 12.5. The lowest BCUT2D eigenvalue weighted by atomic mass is 10.0. The molecule has 116 valence electrons. The van der Waals surface area contributed by atoms with Gasteiger partial charge < -0.3 is 15.0 Å². The molecule has 0 amide bonds. The molecule has 0 aliphatic carbocycles. The molecule has 6 nitrogen and oxygen atoms in total. The molecule has 1 aromatic rings. The zero-order chi connectivity index (χ0) is 15.1. The summed E-state index contributed by atoms with van der Waals surface area (Å²) in [5.74, 6) is 0.664. The molecule has 1 aliphatic heterocycles. The normalized spacial score (nSPS) is 19.4. The molecule has 1 aliphatic rings. The van der Waals surface area contributed by atoms with Crippen LogP contribution in [-0.4, -0.2) is 49.2 Å². The Kier molecular flexibility index (Phi) is 5.95. The minimum Gasteiger partial charge on any atom is -0.492 e. The summed E-state index contributed by atoms with van der Waals surface area (Å²) in [5.41, 5.74) is 0.0841. The first-order valence-corrected chi connectivity index (χ1v) is 7.45. The Balaban J connectivity index is 1.62. The number of ether oxygens (including phenoxy) is 1. The van der Waals surface area contributed by atoms with Gasteiger partial charge in [-0.3, -0.25) is 10.1 Å². The fourth-order valence-electron chi connectivity index (χ4n) is 2.58. The van der Waals surface area contributed by atoms with Crippen molar-refractivity contribution in [3.05, 3.63) is 34.4 Å². The van der Waals surface area contributed by atoms with Gasteiger partial charge in [0.1, 0.15) is 12.4 Å². The van der Waals surface area contributed by atoms with Gasteiger partial charge in [0.2, 0.25) is 0 Å². The minimum absolute atomic E-state index is 0.0841. The molecular formula is C15H23N3O3. The van der Waals surface area contributed by atoms with Gasteiger partial charge in [-0.1, -0.05) is 6.42 Å². The van der Waals surface area contributed by atoms with Crippen molar-refractivity contribution in [2.24, 2.45) is 0 Å². The maximum atomic E-state index is 10.5. The Bertz CT molecular complexity index is 450. The molecule has 1 fully saturated rings. The second-order valence-electron chi connectivity index (χ2n) is 5.43. The smallest absolute Gasteiger partial charge is 0.269 e. The van der Waals surface area contributed by atoms with E-state index in [2.05, 4.69) is 17.3 Å². The first-order chi connectivity index (χ1) is 10.2. The van der Waals surface area contributed by atoms with Crippen LogP contribution in [0.15, 0.2) is 24.3 Å². The Morgan fingerprint density at radius 2 is 2.14 bits per heavy atom. The van der Waals surface area contributed by atoms with E-state index >= 15 is 0 Å². The number of non-ortho nitro benzene ring substituents is 1. The van der Waals surface area contributed by atoms with E-state index in [-0.39, 0.29) is 5.69 Å². The Morgan fingerprint density at radius 1 is 1.38 bits per heavy atom. The third kappa shape index (κ3) is 4.99. The summed E-state index contributed by atoms with van der Waals surface area (Å²) in [6, 6.07) is 6.80. The zero-order valence-electron chi connectivity index (χ0n) is 12.5. The summed E-state index contributed by atoms with van der Waals surface area (Å²) in [6.07, 6.45) is 3.87. The predicted molar refractivity (Wildman–Crippen MR) is 81.7 cm³/mol. The molecule has 2 rings (SSSR count). The van der Waals surface area contributed by atoms with Crippen LogP contribution in [0.5, 0.6) is 5.75 Å². The van der Waals surface area contributed by atoms with E-state index in [4.69, 9.17) is 4.74 Å². The standard InChI is InChI=1S/C15H23N3O3/c1-17-10-3-2-4-14(17)12-16-9-11-21-15-7-5-13(6-8-15)18(19)20/h5-8,14,16H,2-4,9-12H2,1H3. The van der Waals surface area contributed by atoms with Crippen LogP contribution in [0, 0.1) is 10.1 Å². The average molecular weight is 293 g/mol. The van der Waals surface area contributed by atoms with Crippen molar-refractivity contribution < 1.29 is 9.66 Å². The number of hydrogen-bond acceptors (Lipinski definition) is 5. The molecule has 0 aromatic heterocycles. The molecule has 6 heteroatoms. The highest BCUT2D eigenvalue weighted by Crippen LogP contribution is 2.17. The van der Waals surface area contributed by atoms with Crippen molar-refractivity contribution in [1.82, 2.24) is 10.2 Å². The monoisotopic (exact) mass is 293 g/mol. The van der Waals surface area contributed by atoms with Gasteiger partial charge in [0.15, 0.2) is 0 Å². The fourth-order valence-corrected chi connectivity index (χ4v) is 2.58. The van der Waals surface area contributed by atoms with Crippen LogP contribution in [0.4, 0.5) is 5.69 Å². The van der Waals surface area contributed by atoms with E-state index in [9.17, 15) is 10.1 Å². The summed E-state index contributed by atoms with van der Waals surface area (Å²) in [4.78, 5) is 12.5. The number of nitro benzene ring substituents is 1. The third-order valence-electron chi connectivity index (χ3n) is 3.90. The molecule has 1 saturated heterocycles. The third-order valence-corrected chi connectivity index (χ3v) is 3.90. The fraction of sp³-hybridized carbons (Fsp3) is 0.600. The highest BCUT2D eigenvalue weighted by molar-refractivity contribution is 5.35. The van der Waals surface area contributed by atoms with Gasteiger partial charge in [-0.15, -0.1) is 0 Å². The number of nitrogens with one attached hydrogen (secondary N) is 1. The number of nitro groups is 1. The molecule has 1 N–H and O–H groups in total. The summed E-state index contributed by atoms with van der Waals surface area (Å²) >= 11 is 0. The number of hydrogen-bond donors (Lipinski definition) is 1. The van der Waals surface area contributed by atoms with E-state index in [1.807, 2.05) is 0 Å². The van der Waals surface area contributed by atoms with Crippen molar-refractivity contribution in [2.45, 2.75) is 25.3 Å². The van der Waals surface area contributed by atoms with E-state index in [1.54, 1.807) is 12.1 Å². The second-order valence-corrected chi connectivity index (χ2v) is 5.43. The van der Waals surface area contributed by atoms with E-state index in [1.165, 1.54) is 37.9 Å². The SMILES string of the molecule is CN1CCCCC1CNCCOc1ccc([N+](=O)[O-])cc1. The number of likely N-dealkylation sites (N-methyl/N-ethyl adjacent to an activating group) is 1. The van der Waals surface area contributed by atoms with Gasteiger partial charge in [0.05, 0.1) is 4.92 Å². The number of nitrogens with zero attached hydrogens (tertiary/aromatic N) is 2. The van der Waals surface area contributed by atoms with Crippen LogP contribution in [-0.2, 0) is 0 Å². The molecule has 1 atom stereocenters. The largest absolute Gasteiger partial charge is 0.492 e. The number of piperidine rings is 1. The van der Waals surface area contributed by atoms with Crippen molar-refractivity contribution in [3.8, 4) is 5.75 Å². The summed E-state index contributed by atoms with van der Waals surface area (Å²) in [6.45, 7) is 3.52. The molecule has 1 heterocycles. The highest BCUT2D eigenvalue weighted by atomic mass is 16.6. The van der Waals surface area contributed by atoms with Gasteiger partial charge in [0.25, 0.3) is 5.69 Å². The quantitative estimate of drug-likeness (QED) is 0.473. The summed E-state index contributed by atoms with van der Waals surface area (Å²) in [5, 5.41) is 13.9. The molecule has 0 spiro atoms.